The van der Waals surface area contributed by atoms with Crippen LogP contribution in [0.15, 0.2) is 42.7 Å². The molecule has 1 aromatic carbocycles. The van der Waals surface area contributed by atoms with Crippen molar-refractivity contribution in [3.63, 3.8) is 0 Å². The average molecular weight is 303 g/mol. The summed E-state index contributed by atoms with van der Waals surface area (Å²) in [5.41, 5.74) is 1.79. The molecular formula is C16H15ClN2O2. The summed E-state index contributed by atoms with van der Waals surface area (Å²) in [6.07, 6.45) is 3.71. The molecule has 2 heterocycles. The summed E-state index contributed by atoms with van der Waals surface area (Å²) in [7, 11) is 3.23. The maximum Gasteiger partial charge on any atom is 0.184 e. The number of hydrogen-bond donors (Lipinski definition) is 0. The van der Waals surface area contributed by atoms with Gasteiger partial charge in [-0.1, -0.05) is 23.7 Å². The first kappa shape index (κ1) is 13.8. The second kappa shape index (κ2) is 5.66. The van der Waals surface area contributed by atoms with Crippen LogP contribution < -0.4 is 9.47 Å². The van der Waals surface area contributed by atoms with Crippen LogP contribution in [0.4, 0.5) is 0 Å². The largest absolute Gasteiger partial charge is 0.493 e. The van der Waals surface area contributed by atoms with E-state index in [0.29, 0.717) is 18.0 Å². The van der Waals surface area contributed by atoms with E-state index in [-0.39, 0.29) is 0 Å². The second-order valence-electron chi connectivity index (χ2n) is 4.61. The minimum absolute atomic E-state index is 0.563. The molecule has 0 aliphatic rings. The zero-order chi connectivity index (χ0) is 14.8. The number of benzene rings is 1. The lowest BCUT2D eigenvalue weighted by molar-refractivity contribution is 0.348. The van der Waals surface area contributed by atoms with Gasteiger partial charge < -0.3 is 14.0 Å². The highest BCUT2D eigenvalue weighted by atomic mass is 35.5. The average Bonchev–Trinajstić information content (AvgIpc) is 2.91. The van der Waals surface area contributed by atoms with Crippen molar-refractivity contribution in [3.8, 4) is 11.5 Å². The molecule has 0 spiro atoms. The van der Waals surface area contributed by atoms with Gasteiger partial charge in [0, 0.05) is 23.8 Å². The van der Waals surface area contributed by atoms with E-state index in [1.54, 1.807) is 26.5 Å². The van der Waals surface area contributed by atoms with Gasteiger partial charge in [0.2, 0.25) is 0 Å². The fourth-order valence-corrected chi connectivity index (χ4v) is 2.76. The van der Waals surface area contributed by atoms with Gasteiger partial charge in [-0.3, -0.25) is 4.98 Å². The molecule has 0 amide bonds. The van der Waals surface area contributed by atoms with Gasteiger partial charge in [-0.2, -0.15) is 0 Å². The van der Waals surface area contributed by atoms with Crippen LogP contribution in [0.2, 0.25) is 5.02 Å². The van der Waals surface area contributed by atoms with E-state index >= 15 is 0 Å². The first-order valence-electron chi connectivity index (χ1n) is 6.54. The van der Waals surface area contributed by atoms with Crippen LogP contribution in [0.3, 0.4) is 0 Å². The zero-order valence-electron chi connectivity index (χ0n) is 11.8. The molecular weight excluding hydrogens is 288 g/mol. The minimum atomic E-state index is 0.563. The van der Waals surface area contributed by atoms with E-state index in [1.807, 2.05) is 30.5 Å². The van der Waals surface area contributed by atoms with E-state index in [2.05, 4.69) is 9.55 Å². The molecule has 0 unspecified atom stereocenters. The van der Waals surface area contributed by atoms with Crippen molar-refractivity contribution in [1.82, 2.24) is 9.55 Å². The molecule has 5 heteroatoms. The number of methoxy groups -OCH3 is 2. The van der Waals surface area contributed by atoms with Gasteiger partial charge in [0.15, 0.2) is 11.5 Å². The Labute approximate surface area is 127 Å². The Morgan fingerprint density at radius 1 is 1.14 bits per heavy atom. The zero-order valence-corrected chi connectivity index (χ0v) is 12.6. The molecule has 0 saturated heterocycles. The topological polar surface area (TPSA) is 36.3 Å². The lowest BCUT2D eigenvalue weighted by atomic mass is 10.2. The molecule has 0 N–H and O–H groups in total. The number of para-hydroxylation sites is 1. The predicted octanol–water partition coefficient (Wildman–Crippen LogP) is 3.76. The van der Waals surface area contributed by atoms with Crippen molar-refractivity contribution in [2.45, 2.75) is 6.54 Å². The Kier molecular flexibility index (Phi) is 3.71. The van der Waals surface area contributed by atoms with E-state index < -0.39 is 0 Å². The van der Waals surface area contributed by atoms with Crippen LogP contribution in [0.5, 0.6) is 11.5 Å². The van der Waals surface area contributed by atoms with Crippen LogP contribution >= 0.6 is 11.6 Å². The van der Waals surface area contributed by atoms with Crippen LogP contribution in [-0.4, -0.2) is 23.8 Å². The molecule has 0 radical (unpaired) electrons. The van der Waals surface area contributed by atoms with Gasteiger partial charge in [0.25, 0.3) is 0 Å². The lowest BCUT2D eigenvalue weighted by Gasteiger charge is -2.13. The van der Waals surface area contributed by atoms with Gasteiger partial charge in [0.05, 0.1) is 31.3 Å². The van der Waals surface area contributed by atoms with Crippen molar-refractivity contribution in [2.75, 3.05) is 14.2 Å². The fraction of sp³-hybridized carbons (Fsp3) is 0.188. The lowest BCUT2D eigenvalue weighted by Crippen LogP contribution is -2.04. The van der Waals surface area contributed by atoms with Gasteiger partial charge in [-0.15, -0.1) is 0 Å². The molecule has 0 aliphatic carbocycles. The first-order chi connectivity index (χ1) is 10.2. The number of hydrogen-bond acceptors (Lipinski definition) is 3. The third-order valence-electron chi connectivity index (χ3n) is 3.43. The Bertz CT molecular complexity index is 783. The van der Waals surface area contributed by atoms with Crippen LogP contribution in [0.25, 0.3) is 10.9 Å². The standard InChI is InChI=1S/C16H15ClN2O2/c1-20-14-6-8-18-13(16(14)21-2)10-19-9-7-11-4-3-5-12(17)15(11)19/h3-9H,10H2,1-2H3. The minimum Gasteiger partial charge on any atom is -0.493 e. The molecule has 3 rings (SSSR count). The highest BCUT2D eigenvalue weighted by Crippen LogP contribution is 2.31. The number of halogens is 1. The summed E-state index contributed by atoms with van der Waals surface area (Å²) in [5.74, 6) is 1.32. The molecule has 0 saturated carbocycles. The predicted molar refractivity (Wildman–Crippen MR) is 83.4 cm³/mol. The molecule has 3 aromatic rings. The number of aromatic nitrogens is 2. The molecule has 0 atom stereocenters. The Morgan fingerprint density at radius 2 is 2.00 bits per heavy atom. The van der Waals surface area contributed by atoms with Gasteiger partial charge in [-0.25, -0.2) is 0 Å². The highest BCUT2D eigenvalue weighted by molar-refractivity contribution is 6.35. The summed E-state index contributed by atoms with van der Waals surface area (Å²) in [6.45, 7) is 0.563. The molecule has 0 aliphatic heterocycles. The molecule has 21 heavy (non-hydrogen) atoms. The van der Waals surface area contributed by atoms with Crippen molar-refractivity contribution < 1.29 is 9.47 Å². The Morgan fingerprint density at radius 3 is 2.76 bits per heavy atom. The van der Waals surface area contributed by atoms with Crippen molar-refractivity contribution in [3.05, 3.63) is 53.4 Å². The molecule has 108 valence electrons. The highest BCUT2D eigenvalue weighted by Gasteiger charge is 2.13. The van der Waals surface area contributed by atoms with Gasteiger partial charge in [-0.05, 0) is 12.1 Å². The summed E-state index contributed by atoms with van der Waals surface area (Å²) in [5, 5.41) is 1.82. The van der Waals surface area contributed by atoms with E-state index in [9.17, 15) is 0 Å². The molecule has 2 aromatic heterocycles. The normalized spacial score (nSPS) is 10.8. The van der Waals surface area contributed by atoms with Gasteiger partial charge in [0.1, 0.15) is 5.69 Å². The Hall–Kier alpha value is -2.20. The summed E-state index contributed by atoms with van der Waals surface area (Å²) in [4.78, 5) is 4.40. The van der Waals surface area contributed by atoms with Crippen molar-refractivity contribution >= 4 is 22.5 Å². The molecule has 0 fully saturated rings. The number of rotatable bonds is 4. The van der Waals surface area contributed by atoms with Crippen molar-refractivity contribution in [2.24, 2.45) is 0 Å². The summed E-state index contributed by atoms with van der Waals surface area (Å²) in [6, 6.07) is 9.68. The smallest absolute Gasteiger partial charge is 0.184 e. The molecule has 0 bridgehead atoms. The third kappa shape index (κ3) is 2.43. The number of nitrogens with zero attached hydrogens (tertiary/aromatic N) is 2. The SMILES string of the molecule is COc1ccnc(Cn2ccc3cccc(Cl)c32)c1OC. The third-order valence-corrected chi connectivity index (χ3v) is 3.73. The maximum atomic E-state index is 6.30. The van der Waals surface area contributed by atoms with Gasteiger partial charge >= 0.3 is 0 Å². The number of pyridine rings is 1. The second-order valence-corrected chi connectivity index (χ2v) is 5.02. The fourth-order valence-electron chi connectivity index (χ4n) is 2.47. The monoisotopic (exact) mass is 302 g/mol. The van der Waals surface area contributed by atoms with E-state index in [0.717, 1.165) is 21.6 Å². The van der Waals surface area contributed by atoms with E-state index in [1.165, 1.54) is 0 Å². The number of fused-ring (bicyclic) bond motifs is 1. The van der Waals surface area contributed by atoms with Crippen LogP contribution in [0.1, 0.15) is 5.69 Å². The quantitative estimate of drug-likeness (QED) is 0.736. The van der Waals surface area contributed by atoms with E-state index in [4.69, 9.17) is 21.1 Å². The maximum absolute atomic E-state index is 6.30. The Balaban J connectivity index is 2.07. The molecule has 4 nitrogen and oxygen atoms in total. The van der Waals surface area contributed by atoms with Crippen LogP contribution in [-0.2, 0) is 6.54 Å². The first-order valence-corrected chi connectivity index (χ1v) is 6.91. The van der Waals surface area contributed by atoms with Crippen LogP contribution in [0, 0.1) is 0 Å². The summed E-state index contributed by atoms with van der Waals surface area (Å²) >= 11 is 6.30. The summed E-state index contributed by atoms with van der Waals surface area (Å²) < 4.78 is 12.8. The van der Waals surface area contributed by atoms with Crippen molar-refractivity contribution in [1.29, 1.82) is 0 Å². The number of ether oxygens (including phenoxy) is 2.